The summed E-state index contributed by atoms with van der Waals surface area (Å²) in [5, 5.41) is 0. The first-order valence-electron chi connectivity index (χ1n) is 4.64. The van der Waals surface area contributed by atoms with Gasteiger partial charge in [-0.2, -0.15) is 9.78 Å². The molecule has 0 aliphatic carbocycles. The van der Waals surface area contributed by atoms with E-state index in [9.17, 15) is 0 Å². The third-order valence-electron chi connectivity index (χ3n) is 2.21. The van der Waals surface area contributed by atoms with Crippen molar-refractivity contribution in [2.75, 3.05) is 0 Å². The Kier molecular flexibility index (Phi) is 2.01. The third kappa shape index (κ3) is 1.74. The van der Waals surface area contributed by atoms with Crippen LogP contribution in [-0.4, -0.2) is 5.97 Å². The summed E-state index contributed by atoms with van der Waals surface area (Å²) in [5.41, 5.74) is 3.43. The Morgan fingerprint density at radius 1 is 1.07 bits per heavy atom. The van der Waals surface area contributed by atoms with Crippen molar-refractivity contribution < 1.29 is 14.5 Å². The molecule has 1 fully saturated rings. The maximum atomic E-state index is 5.58. The van der Waals surface area contributed by atoms with Crippen LogP contribution in [0.1, 0.15) is 23.6 Å². The highest BCUT2D eigenvalue weighted by atomic mass is 17.4. The van der Waals surface area contributed by atoms with Crippen molar-refractivity contribution in [2.45, 2.75) is 33.7 Å². The Morgan fingerprint density at radius 2 is 1.57 bits per heavy atom. The normalized spacial score (nSPS) is 18.0. The van der Waals surface area contributed by atoms with E-state index in [4.69, 9.17) is 14.5 Å². The van der Waals surface area contributed by atoms with Crippen LogP contribution in [0.25, 0.3) is 0 Å². The van der Waals surface area contributed by atoms with Gasteiger partial charge in [0.2, 0.25) is 0 Å². The van der Waals surface area contributed by atoms with Gasteiger partial charge in [0.1, 0.15) is 5.75 Å². The smallest absolute Gasteiger partial charge is 0.378 e. The average Bonchev–Trinajstić information content (AvgIpc) is 2.77. The number of ether oxygens (including phenoxy) is 1. The van der Waals surface area contributed by atoms with Crippen molar-refractivity contribution in [3.8, 4) is 5.75 Å². The zero-order valence-corrected chi connectivity index (χ0v) is 8.88. The Bertz CT molecular complexity index is 344. The van der Waals surface area contributed by atoms with E-state index < -0.39 is 5.97 Å². The molecule has 1 heterocycles. The second-order valence-electron chi connectivity index (χ2n) is 3.86. The molecule has 0 atom stereocenters. The fraction of sp³-hybridized carbons (Fsp3) is 0.455. The molecule has 0 spiro atoms. The van der Waals surface area contributed by atoms with Gasteiger partial charge in [0.25, 0.3) is 0 Å². The average molecular weight is 194 g/mol. The highest BCUT2D eigenvalue weighted by Crippen LogP contribution is 2.35. The van der Waals surface area contributed by atoms with Crippen LogP contribution in [0.15, 0.2) is 12.1 Å². The van der Waals surface area contributed by atoms with Gasteiger partial charge >= 0.3 is 5.97 Å². The van der Waals surface area contributed by atoms with Crippen LogP contribution in [0.4, 0.5) is 0 Å². The minimum atomic E-state index is -0.870. The summed E-state index contributed by atoms with van der Waals surface area (Å²) in [4.78, 5) is 9.44. The van der Waals surface area contributed by atoms with Crippen LogP contribution in [0.5, 0.6) is 5.75 Å². The number of rotatable bonds is 2. The number of hydrogen-bond acceptors (Lipinski definition) is 3. The molecule has 1 aromatic carbocycles. The fourth-order valence-electron chi connectivity index (χ4n) is 1.61. The zero-order chi connectivity index (χ0) is 10.3. The lowest BCUT2D eigenvalue weighted by Gasteiger charge is -2.12. The van der Waals surface area contributed by atoms with Crippen LogP contribution >= 0.6 is 0 Å². The molecule has 0 unspecified atom stereocenters. The number of benzene rings is 1. The molecule has 0 amide bonds. The molecule has 3 heteroatoms. The quantitative estimate of drug-likeness (QED) is 0.536. The maximum Gasteiger partial charge on any atom is 0.378 e. The molecule has 14 heavy (non-hydrogen) atoms. The van der Waals surface area contributed by atoms with Crippen LogP contribution in [0.3, 0.4) is 0 Å². The van der Waals surface area contributed by atoms with E-state index in [-0.39, 0.29) is 0 Å². The summed E-state index contributed by atoms with van der Waals surface area (Å²) in [6.07, 6.45) is 0. The van der Waals surface area contributed by atoms with Crippen molar-refractivity contribution in [1.82, 2.24) is 0 Å². The van der Waals surface area contributed by atoms with E-state index in [2.05, 4.69) is 19.1 Å². The van der Waals surface area contributed by atoms with Gasteiger partial charge in [-0.25, -0.2) is 0 Å². The molecule has 0 radical (unpaired) electrons. The Labute approximate surface area is 83.5 Å². The Hall–Kier alpha value is -1.06. The molecule has 1 aliphatic heterocycles. The highest BCUT2D eigenvalue weighted by Gasteiger charge is 2.47. The molecule has 0 aromatic heterocycles. The molecule has 1 aromatic rings. The monoisotopic (exact) mass is 194 g/mol. The lowest BCUT2D eigenvalue weighted by molar-refractivity contribution is 0.0778. The zero-order valence-electron chi connectivity index (χ0n) is 8.88. The van der Waals surface area contributed by atoms with Gasteiger partial charge < -0.3 is 4.74 Å². The largest absolute Gasteiger partial charge is 0.435 e. The predicted molar refractivity (Wildman–Crippen MR) is 51.9 cm³/mol. The van der Waals surface area contributed by atoms with Crippen LogP contribution < -0.4 is 4.74 Å². The van der Waals surface area contributed by atoms with Gasteiger partial charge in [0.05, 0.1) is 0 Å². The first kappa shape index (κ1) is 9.49. The van der Waals surface area contributed by atoms with Crippen molar-refractivity contribution >= 4 is 0 Å². The summed E-state index contributed by atoms with van der Waals surface area (Å²) in [6, 6.07) is 4.15. The van der Waals surface area contributed by atoms with Gasteiger partial charge in [-0.3, -0.25) is 0 Å². The molecular formula is C11H14O3. The Morgan fingerprint density at radius 3 is 2.00 bits per heavy atom. The van der Waals surface area contributed by atoms with Crippen LogP contribution in [0, 0.1) is 20.8 Å². The van der Waals surface area contributed by atoms with E-state index in [0.717, 1.165) is 16.9 Å². The van der Waals surface area contributed by atoms with E-state index in [1.807, 2.05) is 13.8 Å². The predicted octanol–water partition coefficient (Wildman–Crippen LogP) is 2.63. The second-order valence-corrected chi connectivity index (χ2v) is 3.86. The Balaban J connectivity index is 2.32. The summed E-state index contributed by atoms with van der Waals surface area (Å²) >= 11 is 0. The van der Waals surface area contributed by atoms with Gasteiger partial charge in [-0.15, -0.1) is 0 Å². The summed E-state index contributed by atoms with van der Waals surface area (Å²) < 4.78 is 5.58. The lowest BCUT2D eigenvalue weighted by Crippen LogP contribution is -2.15. The van der Waals surface area contributed by atoms with Gasteiger partial charge in [-0.05, 0) is 31.9 Å². The van der Waals surface area contributed by atoms with Crippen molar-refractivity contribution in [3.63, 3.8) is 0 Å². The van der Waals surface area contributed by atoms with E-state index >= 15 is 0 Å². The second kappa shape index (κ2) is 2.97. The standard InChI is InChI=1S/C11H14O3/c1-7-5-8(2)10(9(3)6-7)12-11(4)13-14-11/h5-6H,1-4H3. The number of aryl methyl sites for hydroxylation is 3. The summed E-state index contributed by atoms with van der Waals surface area (Å²) in [5.74, 6) is -0.0271. The summed E-state index contributed by atoms with van der Waals surface area (Å²) in [7, 11) is 0. The van der Waals surface area contributed by atoms with E-state index in [1.54, 1.807) is 6.92 Å². The van der Waals surface area contributed by atoms with E-state index in [0.29, 0.717) is 0 Å². The van der Waals surface area contributed by atoms with Crippen molar-refractivity contribution in [1.29, 1.82) is 0 Å². The van der Waals surface area contributed by atoms with Crippen molar-refractivity contribution in [3.05, 3.63) is 28.8 Å². The van der Waals surface area contributed by atoms with Gasteiger partial charge in [0.15, 0.2) is 0 Å². The molecule has 0 saturated carbocycles. The molecule has 1 aliphatic rings. The maximum absolute atomic E-state index is 5.58. The minimum absolute atomic E-state index is 0.843. The molecule has 76 valence electrons. The highest BCUT2D eigenvalue weighted by molar-refractivity contribution is 5.43. The van der Waals surface area contributed by atoms with Crippen LogP contribution in [0.2, 0.25) is 0 Å². The third-order valence-corrected chi connectivity index (χ3v) is 2.21. The molecule has 3 nitrogen and oxygen atoms in total. The topological polar surface area (TPSA) is 34.3 Å². The molecule has 0 N–H and O–H groups in total. The number of hydrogen-bond donors (Lipinski definition) is 0. The molecular weight excluding hydrogens is 180 g/mol. The molecule has 2 rings (SSSR count). The van der Waals surface area contributed by atoms with Gasteiger partial charge in [-0.1, -0.05) is 17.7 Å². The molecule has 0 bridgehead atoms. The van der Waals surface area contributed by atoms with E-state index in [1.165, 1.54) is 5.56 Å². The van der Waals surface area contributed by atoms with Crippen LogP contribution in [-0.2, 0) is 9.78 Å². The molecule has 1 saturated heterocycles. The lowest BCUT2D eigenvalue weighted by atomic mass is 10.1. The summed E-state index contributed by atoms with van der Waals surface area (Å²) in [6.45, 7) is 7.84. The first-order chi connectivity index (χ1) is 6.50. The first-order valence-corrected chi connectivity index (χ1v) is 4.64. The minimum Gasteiger partial charge on any atom is -0.435 e. The van der Waals surface area contributed by atoms with Gasteiger partial charge in [0, 0.05) is 6.92 Å². The SMILES string of the molecule is Cc1cc(C)c(OC2(C)OO2)c(C)c1. The fourth-order valence-corrected chi connectivity index (χ4v) is 1.61. The van der Waals surface area contributed by atoms with Crippen molar-refractivity contribution in [2.24, 2.45) is 0 Å².